The third-order valence-electron chi connectivity index (χ3n) is 4.80. The molecule has 1 N–H and O–H groups in total. The van der Waals surface area contributed by atoms with Crippen molar-refractivity contribution in [2.24, 2.45) is 0 Å². The Bertz CT molecular complexity index is 939. The van der Waals surface area contributed by atoms with Crippen LogP contribution in [0.2, 0.25) is 5.02 Å². The van der Waals surface area contributed by atoms with Gasteiger partial charge in [-0.05, 0) is 43.5 Å². The molecule has 6 heteroatoms. The smallest absolute Gasteiger partial charge is 0.216 e. The van der Waals surface area contributed by atoms with Crippen LogP contribution < -0.4 is 10.1 Å². The molecule has 0 spiro atoms. The Hall–Kier alpha value is -2.53. The van der Waals surface area contributed by atoms with Gasteiger partial charge in [0.15, 0.2) is 0 Å². The predicted octanol–water partition coefficient (Wildman–Crippen LogP) is 5.01. The van der Waals surface area contributed by atoms with E-state index in [-0.39, 0.29) is 5.91 Å². The molecular weight excluding hydrogens is 386 g/mol. The van der Waals surface area contributed by atoms with Crippen molar-refractivity contribution in [2.45, 2.75) is 45.6 Å². The van der Waals surface area contributed by atoms with Crippen molar-refractivity contribution in [3.05, 3.63) is 59.4 Å². The first kappa shape index (κ1) is 21.2. The number of halogens is 1. The van der Waals surface area contributed by atoms with Crippen LogP contribution in [0.1, 0.15) is 38.4 Å². The fourth-order valence-corrected chi connectivity index (χ4v) is 3.57. The minimum absolute atomic E-state index is 0.0331. The highest BCUT2D eigenvalue weighted by Gasteiger charge is 2.10. The number of fused-ring (bicyclic) bond motifs is 1. The van der Waals surface area contributed by atoms with Crippen molar-refractivity contribution in [1.29, 1.82) is 0 Å². The summed E-state index contributed by atoms with van der Waals surface area (Å²) >= 11 is 6.15. The number of ether oxygens (including phenoxy) is 1. The number of benzene rings is 2. The number of hydrogen-bond donors (Lipinski definition) is 1. The number of unbranched alkanes of at least 4 members (excludes halogenated alkanes) is 2. The summed E-state index contributed by atoms with van der Waals surface area (Å²) in [5.74, 6) is 1.87. The lowest BCUT2D eigenvalue weighted by Crippen LogP contribution is -2.20. The average molecular weight is 414 g/mol. The van der Waals surface area contributed by atoms with Crippen molar-refractivity contribution in [2.75, 3.05) is 13.2 Å². The van der Waals surface area contributed by atoms with Gasteiger partial charge in [0.25, 0.3) is 0 Å². The maximum absolute atomic E-state index is 10.9. The van der Waals surface area contributed by atoms with Gasteiger partial charge >= 0.3 is 0 Å². The molecule has 29 heavy (non-hydrogen) atoms. The highest BCUT2D eigenvalue weighted by molar-refractivity contribution is 6.32. The minimum Gasteiger partial charge on any atom is -0.492 e. The van der Waals surface area contributed by atoms with Crippen LogP contribution in [0.3, 0.4) is 0 Å². The highest BCUT2D eigenvalue weighted by atomic mass is 35.5. The molecule has 1 aromatic heterocycles. The molecule has 154 valence electrons. The van der Waals surface area contributed by atoms with Gasteiger partial charge in [0.1, 0.15) is 11.6 Å². The van der Waals surface area contributed by atoms with Crippen LogP contribution in [0.5, 0.6) is 5.75 Å². The lowest BCUT2D eigenvalue weighted by Gasteiger charge is -2.11. The van der Waals surface area contributed by atoms with Crippen molar-refractivity contribution in [3.63, 3.8) is 0 Å². The molecule has 0 unspecified atom stereocenters. The normalized spacial score (nSPS) is 11.0. The molecule has 0 atom stereocenters. The van der Waals surface area contributed by atoms with E-state index in [1.165, 1.54) is 5.52 Å². The van der Waals surface area contributed by atoms with E-state index in [1.54, 1.807) is 6.92 Å². The Labute approximate surface area is 177 Å². The Morgan fingerprint density at radius 3 is 2.69 bits per heavy atom. The largest absolute Gasteiger partial charge is 0.492 e. The molecule has 5 nitrogen and oxygen atoms in total. The van der Waals surface area contributed by atoms with Crippen LogP contribution in [0.15, 0.2) is 48.5 Å². The van der Waals surface area contributed by atoms with Crippen molar-refractivity contribution >= 4 is 28.5 Å². The van der Waals surface area contributed by atoms with Crippen LogP contribution in [-0.4, -0.2) is 28.6 Å². The van der Waals surface area contributed by atoms with E-state index in [0.29, 0.717) is 11.6 Å². The first-order valence-electron chi connectivity index (χ1n) is 10.2. The van der Waals surface area contributed by atoms with Crippen LogP contribution in [0.25, 0.3) is 11.0 Å². The monoisotopic (exact) mass is 413 g/mol. The molecular formula is C23H28ClN3O2. The summed E-state index contributed by atoms with van der Waals surface area (Å²) in [6.07, 6.45) is 4.92. The number of aromatic nitrogens is 2. The number of nitrogens with zero attached hydrogens (tertiary/aromatic N) is 2. The number of imidazole rings is 1. The molecule has 0 saturated heterocycles. The van der Waals surface area contributed by atoms with E-state index in [0.717, 1.165) is 62.3 Å². The number of carbonyl (C=O) groups is 1. The molecule has 0 bridgehead atoms. The Morgan fingerprint density at radius 2 is 1.86 bits per heavy atom. The van der Waals surface area contributed by atoms with Crippen molar-refractivity contribution in [1.82, 2.24) is 14.9 Å². The standard InChI is InChI=1S/C23H28ClN3O2/c1-18(28)25-15-8-2-3-14-23-26-20-11-5-6-12-21(20)27(23)16-9-17-29-22-13-7-4-10-19(22)24/h4-7,10-13H,2-3,8-9,14-17H2,1H3,(H,25,28). The van der Waals surface area contributed by atoms with E-state index in [9.17, 15) is 4.79 Å². The van der Waals surface area contributed by atoms with Crippen molar-refractivity contribution < 1.29 is 9.53 Å². The first-order chi connectivity index (χ1) is 14.1. The van der Waals surface area contributed by atoms with Gasteiger partial charge < -0.3 is 14.6 Å². The second-order valence-electron chi connectivity index (χ2n) is 7.09. The fourth-order valence-electron chi connectivity index (χ4n) is 3.38. The Kier molecular flexibility index (Phi) is 7.94. The zero-order valence-corrected chi connectivity index (χ0v) is 17.6. The zero-order valence-electron chi connectivity index (χ0n) is 16.9. The summed E-state index contributed by atoms with van der Waals surface area (Å²) in [6.45, 7) is 3.75. The molecule has 0 radical (unpaired) electrons. The van der Waals surface area contributed by atoms with Gasteiger partial charge in [-0.25, -0.2) is 4.98 Å². The van der Waals surface area contributed by atoms with Gasteiger partial charge in [0, 0.05) is 26.4 Å². The van der Waals surface area contributed by atoms with Crippen LogP contribution in [0.4, 0.5) is 0 Å². The molecule has 3 rings (SSSR count). The molecule has 1 amide bonds. The van der Waals surface area contributed by atoms with E-state index in [2.05, 4.69) is 28.1 Å². The van der Waals surface area contributed by atoms with Crippen molar-refractivity contribution in [3.8, 4) is 5.75 Å². The van der Waals surface area contributed by atoms with Gasteiger partial charge in [-0.1, -0.05) is 42.3 Å². The summed E-state index contributed by atoms with van der Waals surface area (Å²) < 4.78 is 8.14. The van der Waals surface area contributed by atoms with E-state index in [1.807, 2.05) is 30.3 Å². The van der Waals surface area contributed by atoms with Gasteiger partial charge in [0.05, 0.1) is 22.7 Å². The first-order valence-corrected chi connectivity index (χ1v) is 10.6. The van der Waals surface area contributed by atoms with Crippen LogP contribution in [-0.2, 0) is 17.8 Å². The summed E-state index contributed by atoms with van der Waals surface area (Å²) in [4.78, 5) is 15.8. The molecule has 3 aromatic rings. The van der Waals surface area contributed by atoms with Gasteiger partial charge in [0.2, 0.25) is 5.91 Å². The van der Waals surface area contributed by atoms with Gasteiger partial charge in [-0.2, -0.15) is 0 Å². The number of amides is 1. The molecule has 0 aliphatic rings. The quantitative estimate of drug-likeness (QED) is 0.449. The molecule has 0 aliphatic carbocycles. The maximum Gasteiger partial charge on any atom is 0.216 e. The van der Waals surface area contributed by atoms with E-state index in [4.69, 9.17) is 21.3 Å². The summed E-state index contributed by atoms with van der Waals surface area (Å²) in [5.41, 5.74) is 2.20. The third kappa shape index (κ3) is 6.23. The summed E-state index contributed by atoms with van der Waals surface area (Å²) in [5, 5.41) is 3.49. The number of carbonyl (C=O) groups excluding carboxylic acids is 1. The van der Waals surface area contributed by atoms with Crippen LogP contribution >= 0.6 is 11.6 Å². The SMILES string of the molecule is CC(=O)NCCCCCc1nc2ccccc2n1CCCOc1ccccc1Cl. The lowest BCUT2D eigenvalue weighted by atomic mass is 10.2. The fraction of sp³-hybridized carbons (Fsp3) is 0.391. The number of hydrogen-bond acceptors (Lipinski definition) is 3. The Morgan fingerprint density at radius 1 is 1.07 bits per heavy atom. The van der Waals surface area contributed by atoms with Gasteiger partial charge in [-0.3, -0.25) is 4.79 Å². The summed E-state index contributed by atoms with van der Waals surface area (Å²) in [6, 6.07) is 15.8. The third-order valence-corrected chi connectivity index (χ3v) is 5.12. The number of para-hydroxylation sites is 3. The topological polar surface area (TPSA) is 56.2 Å². The molecule has 0 saturated carbocycles. The Balaban J connectivity index is 1.55. The molecule has 0 aliphatic heterocycles. The summed E-state index contributed by atoms with van der Waals surface area (Å²) in [7, 11) is 0. The highest BCUT2D eigenvalue weighted by Crippen LogP contribution is 2.23. The number of nitrogens with one attached hydrogen (secondary N) is 1. The van der Waals surface area contributed by atoms with Crippen LogP contribution in [0, 0.1) is 0 Å². The molecule has 2 aromatic carbocycles. The second kappa shape index (κ2) is 10.9. The predicted molar refractivity (Wildman–Crippen MR) is 118 cm³/mol. The molecule has 1 heterocycles. The zero-order chi connectivity index (χ0) is 20.5. The number of rotatable bonds is 11. The van der Waals surface area contributed by atoms with E-state index < -0.39 is 0 Å². The minimum atomic E-state index is 0.0331. The van der Waals surface area contributed by atoms with E-state index >= 15 is 0 Å². The van der Waals surface area contributed by atoms with Gasteiger partial charge in [-0.15, -0.1) is 0 Å². The lowest BCUT2D eigenvalue weighted by molar-refractivity contribution is -0.118. The molecule has 0 fully saturated rings. The second-order valence-corrected chi connectivity index (χ2v) is 7.50. The number of aryl methyl sites for hydroxylation is 2. The maximum atomic E-state index is 10.9. The average Bonchev–Trinajstić information content (AvgIpc) is 3.06.